The molecule has 212 valence electrons. The number of hydrogen-bond donors (Lipinski definition) is 1. The summed E-state index contributed by atoms with van der Waals surface area (Å²) >= 11 is 5.99. The van der Waals surface area contributed by atoms with Crippen molar-refractivity contribution in [1.29, 1.82) is 0 Å². The lowest BCUT2D eigenvalue weighted by atomic mass is 9.96. The molecule has 2 atom stereocenters. The number of anilines is 1. The highest BCUT2D eigenvalue weighted by molar-refractivity contribution is 7.80. The molecule has 6 rings (SSSR count). The summed E-state index contributed by atoms with van der Waals surface area (Å²) in [7, 11) is 1.65. The molecular weight excluding hydrogens is 540 g/mol. The van der Waals surface area contributed by atoms with Crippen LogP contribution in [0.25, 0.3) is 5.69 Å². The fourth-order valence-corrected chi connectivity index (χ4v) is 6.24. The van der Waals surface area contributed by atoms with Gasteiger partial charge in [-0.25, -0.2) is 0 Å². The van der Waals surface area contributed by atoms with Crippen molar-refractivity contribution in [2.45, 2.75) is 39.3 Å². The summed E-state index contributed by atoms with van der Waals surface area (Å²) in [6, 6.07) is 32.4. The zero-order chi connectivity index (χ0) is 29.2. The van der Waals surface area contributed by atoms with Gasteiger partial charge in [0.15, 0.2) is 5.11 Å². The minimum atomic E-state index is -0.121. The quantitative estimate of drug-likeness (QED) is 0.189. The lowest BCUT2D eigenvalue weighted by Crippen LogP contribution is -2.29. The van der Waals surface area contributed by atoms with Gasteiger partial charge in [-0.15, -0.1) is 0 Å². The number of benzene rings is 3. The predicted molar refractivity (Wildman–Crippen MR) is 172 cm³/mol. The van der Waals surface area contributed by atoms with Crippen molar-refractivity contribution in [3.05, 3.63) is 131 Å². The number of rotatable bonds is 8. The summed E-state index contributed by atoms with van der Waals surface area (Å²) in [6.07, 6.45) is 2.80. The van der Waals surface area contributed by atoms with Gasteiger partial charge in [0.2, 0.25) is 0 Å². The summed E-state index contributed by atoms with van der Waals surface area (Å²) in [4.78, 5) is 6.94. The van der Waals surface area contributed by atoms with Gasteiger partial charge in [0.1, 0.15) is 17.2 Å². The molecule has 1 aliphatic rings. The molecule has 1 saturated heterocycles. The van der Waals surface area contributed by atoms with Crippen molar-refractivity contribution >= 4 is 23.0 Å². The average molecular weight is 575 g/mol. The third-order valence-electron chi connectivity index (χ3n) is 7.91. The molecule has 42 heavy (non-hydrogen) atoms. The van der Waals surface area contributed by atoms with Gasteiger partial charge in [-0.05, 0) is 116 Å². The van der Waals surface area contributed by atoms with E-state index in [4.69, 9.17) is 26.7 Å². The van der Waals surface area contributed by atoms with E-state index in [0.29, 0.717) is 5.11 Å². The third-order valence-corrected chi connectivity index (χ3v) is 8.23. The monoisotopic (exact) mass is 574 g/mol. The summed E-state index contributed by atoms with van der Waals surface area (Å²) in [5.74, 6) is 2.28. The van der Waals surface area contributed by atoms with Crippen LogP contribution in [0.5, 0.6) is 17.2 Å². The molecule has 6 nitrogen and oxygen atoms in total. The average Bonchev–Trinajstić information content (AvgIpc) is 3.52. The molecule has 5 aromatic rings. The Morgan fingerprint density at radius 1 is 0.857 bits per heavy atom. The summed E-state index contributed by atoms with van der Waals surface area (Å²) < 4.78 is 13.7. The first-order valence-corrected chi connectivity index (χ1v) is 14.6. The van der Waals surface area contributed by atoms with Crippen molar-refractivity contribution in [2.24, 2.45) is 0 Å². The summed E-state index contributed by atoms with van der Waals surface area (Å²) in [5.41, 5.74) is 8.05. The van der Waals surface area contributed by atoms with E-state index in [1.54, 1.807) is 7.11 Å². The number of thiocarbonyl (C=S) groups is 1. The van der Waals surface area contributed by atoms with Crippen molar-refractivity contribution in [3.8, 4) is 22.9 Å². The maximum atomic E-state index is 6.10. The SMILES string of the molecule is CCc1ccccc1-n1c(C)cc([C@@H]2[C@H](c3ccccn3)NC(=S)N2c2ccc(Oc3ccc(OC)cc3)cc2)c1C. The Morgan fingerprint density at radius 3 is 2.19 bits per heavy atom. The number of methoxy groups -OCH3 is 1. The van der Waals surface area contributed by atoms with E-state index < -0.39 is 0 Å². The Kier molecular flexibility index (Phi) is 7.68. The molecule has 2 aromatic heterocycles. The molecule has 7 heteroatoms. The minimum Gasteiger partial charge on any atom is -0.497 e. The second-order valence-corrected chi connectivity index (χ2v) is 10.8. The van der Waals surface area contributed by atoms with Gasteiger partial charge in [-0.3, -0.25) is 4.98 Å². The Balaban J connectivity index is 1.40. The number of ether oxygens (including phenoxy) is 2. The van der Waals surface area contributed by atoms with E-state index in [-0.39, 0.29) is 12.1 Å². The second kappa shape index (κ2) is 11.7. The maximum absolute atomic E-state index is 6.10. The fraction of sp³-hybridized carbons (Fsp3) is 0.200. The molecule has 1 N–H and O–H groups in total. The van der Waals surface area contributed by atoms with E-state index in [9.17, 15) is 0 Å². The fourth-order valence-electron chi connectivity index (χ4n) is 5.89. The molecule has 1 fully saturated rings. The Labute approximate surface area is 252 Å². The smallest absolute Gasteiger partial charge is 0.174 e. The van der Waals surface area contributed by atoms with Gasteiger partial charge >= 0.3 is 0 Å². The van der Waals surface area contributed by atoms with E-state index in [2.05, 4.69) is 84.1 Å². The van der Waals surface area contributed by atoms with Crippen LogP contribution in [0.4, 0.5) is 5.69 Å². The van der Waals surface area contributed by atoms with Gasteiger partial charge in [0, 0.05) is 29.0 Å². The number of hydrogen-bond acceptors (Lipinski definition) is 4. The van der Waals surface area contributed by atoms with Crippen LogP contribution in [0, 0.1) is 13.8 Å². The van der Waals surface area contributed by atoms with Crippen LogP contribution < -0.4 is 19.7 Å². The third kappa shape index (κ3) is 5.12. The van der Waals surface area contributed by atoms with Crippen LogP contribution in [-0.4, -0.2) is 21.8 Å². The number of pyridine rings is 1. The molecule has 0 aliphatic carbocycles. The van der Waals surface area contributed by atoms with Gasteiger partial charge in [-0.1, -0.05) is 31.2 Å². The largest absolute Gasteiger partial charge is 0.497 e. The number of aryl methyl sites for hydroxylation is 2. The topological polar surface area (TPSA) is 51.6 Å². The first-order valence-electron chi connectivity index (χ1n) is 14.2. The number of nitrogens with one attached hydrogen (secondary N) is 1. The normalized spacial score (nSPS) is 16.4. The van der Waals surface area contributed by atoms with Gasteiger partial charge in [-0.2, -0.15) is 0 Å². The molecule has 0 spiro atoms. The Bertz CT molecular complexity index is 1700. The van der Waals surface area contributed by atoms with Gasteiger partial charge in [0.25, 0.3) is 0 Å². The lowest BCUT2D eigenvalue weighted by molar-refractivity contribution is 0.413. The highest BCUT2D eigenvalue weighted by Crippen LogP contribution is 2.44. The highest BCUT2D eigenvalue weighted by Gasteiger charge is 2.42. The predicted octanol–water partition coefficient (Wildman–Crippen LogP) is 8.03. The number of para-hydroxylation sites is 1. The van der Waals surface area contributed by atoms with Crippen LogP contribution in [-0.2, 0) is 6.42 Å². The molecular formula is C35H34N4O2S. The molecule has 0 unspecified atom stereocenters. The van der Waals surface area contributed by atoms with Crippen molar-refractivity contribution in [2.75, 3.05) is 12.0 Å². The van der Waals surface area contributed by atoms with E-state index in [1.165, 1.54) is 28.2 Å². The highest BCUT2D eigenvalue weighted by atomic mass is 32.1. The van der Waals surface area contributed by atoms with Gasteiger partial charge < -0.3 is 24.3 Å². The van der Waals surface area contributed by atoms with Crippen LogP contribution in [0.3, 0.4) is 0 Å². The van der Waals surface area contributed by atoms with Crippen LogP contribution >= 0.6 is 12.2 Å². The zero-order valence-corrected chi connectivity index (χ0v) is 25.1. The maximum Gasteiger partial charge on any atom is 0.174 e. The molecule has 0 saturated carbocycles. The van der Waals surface area contributed by atoms with E-state index in [0.717, 1.165) is 35.1 Å². The molecule has 0 amide bonds. The van der Waals surface area contributed by atoms with E-state index in [1.807, 2.05) is 54.7 Å². The second-order valence-electron chi connectivity index (χ2n) is 10.4. The van der Waals surface area contributed by atoms with Crippen LogP contribution in [0.15, 0.2) is 103 Å². The molecule has 3 heterocycles. The van der Waals surface area contributed by atoms with Crippen molar-refractivity contribution < 1.29 is 9.47 Å². The number of nitrogens with zero attached hydrogens (tertiary/aromatic N) is 3. The summed E-state index contributed by atoms with van der Waals surface area (Å²) in [5, 5.41) is 4.26. The van der Waals surface area contributed by atoms with Crippen molar-refractivity contribution in [3.63, 3.8) is 0 Å². The van der Waals surface area contributed by atoms with Crippen molar-refractivity contribution in [1.82, 2.24) is 14.9 Å². The lowest BCUT2D eigenvalue weighted by Gasteiger charge is -2.28. The Morgan fingerprint density at radius 2 is 1.52 bits per heavy atom. The van der Waals surface area contributed by atoms with E-state index >= 15 is 0 Å². The molecule has 1 aliphatic heterocycles. The Hall–Kier alpha value is -4.62. The first-order chi connectivity index (χ1) is 20.5. The standard InChI is InChI=1S/C35H34N4O2S/c1-5-25-10-6-7-12-32(25)38-23(2)22-30(24(38)3)34-33(31-11-8-9-21-36-31)37-35(42)39(34)26-13-15-28(16-14-26)41-29-19-17-27(40-4)18-20-29/h6-22,33-34H,5H2,1-4H3,(H,37,42)/t33-,34+/m0/s1. The van der Waals surface area contributed by atoms with Gasteiger partial charge in [0.05, 0.1) is 24.9 Å². The molecule has 0 bridgehead atoms. The minimum absolute atomic E-state index is 0.102. The van der Waals surface area contributed by atoms with Crippen LogP contribution in [0.2, 0.25) is 0 Å². The number of aromatic nitrogens is 2. The molecule has 3 aromatic carbocycles. The first kappa shape index (κ1) is 27.5. The molecule has 0 radical (unpaired) electrons. The van der Waals surface area contributed by atoms with Crippen LogP contribution in [0.1, 0.15) is 47.2 Å². The summed E-state index contributed by atoms with van der Waals surface area (Å²) in [6.45, 7) is 6.58. The zero-order valence-electron chi connectivity index (χ0n) is 24.2.